The van der Waals surface area contributed by atoms with Gasteiger partial charge in [0.05, 0.1) is 23.2 Å². The third kappa shape index (κ3) is 11.2. The molecule has 4 aliphatic rings. The number of aryl methyl sites for hydroxylation is 1. The molecule has 6 atom stereocenters. The summed E-state index contributed by atoms with van der Waals surface area (Å²) in [5.41, 5.74) is 16.3. The zero-order valence-electron chi connectivity index (χ0n) is 54.5. The lowest BCUT2D eigenvalue weighted by Gasteiger charge is -2.34. The molecule has 0 heterocycles. The van der Waals surface area contributed by atoms with Crippen LogP contribution in [0.4, 0.5) is 39.5 Å². The lowest BCUT2D eigenvalue weighted by molar-refractivity contribution is -0.172. The van der Waals surface area contributed by atoms with Gasteiger partial charge >= 0.3 is 30.5 Å². The van der Waals surface area contributed by atoms with E-state index in [1.54, 1.807) is 0 Å². The molecule has 12 rings (SSSR count). The normalized spacial score (nSPS) is 19.5. The third-order valence-electron chi connectivity index (χ3n) is 22.3. The van der Waals surface area contributed by atoms with E-state index >= 15 is 0 Å². The number of carbonyl (C=O) groups excluding carboxylic acids is 2. The summed E-state index contributed by atoms with van der Waals surface area (Å²) in [5, 5.41) is 0. The van der Waals surface area contributed by atoms with Crippen molar-refractivity contribution in [2.75, 3.05) is 13.2 Å². The maximum absolute atomic E-state index is 14.7. The van der Waals surface area contributed by atoms with Crippen LogP contribution < -0.4 is 0 Å². The van der Waals surface area contributed by atoms with Crippen LogP contribution in [0.2, 0.25) is 0 Å². The van der Waals surface area contributed by atoms with E-state index in [2.05, 4.69) is 55.6 Å². The molecule has 6 unspecified atom stereocenters. The number of fused-ring (bicyclic) bond motifs is 12. The van der Waals surface area contributed by atoms with Gasteiger partial charge in [0.15, 0.2) is 0 Å². The van der Waals surface area contributed by atoms with E-state index in [9.17, 15) is 49.1 Å². The number of benzene rings is 8. The fraction of sp³-hybridized carbons (Fsp3) is 0.341. The Morgan fingerprint density at radius 2 is 0.632 bits per heavy atom. The van der Waals surface area contributed by atoms with Gasteiger partial charge in [0, 0.05) is 28.4 Å². The van der Waals surface area contributed by atoms with Crippen molar-refractivity contribution in [3.05, 3.63) is 227 Å². The summed E-state index contributed by atoms with van der Waals surface area (Å²) in [7, 11) is 0. The van der Waals surface area contributed by atoms with Gasteiger partial charge in [-0.25, -0.2) is 9.59 Å². The van der Waals surface area contributed by atoms with Crippen molar-refractivity contribution in [1.29, 1.82) is 0 Å². The van der Waals surface area contributed by atoms with Gasteiger partial charge in [-0.15, -0.1) is 0 Å². The molecule has 4 nitrogen and oxygen atoms in total. The summed E-state index contributed by atoms with van der Waals surface area (Å²) >= 11 is 0. The Bertz CT molecular complexity index is 4350. The quantitative estimate of drug-likeness (QED) is 0.0409. The molecular formula is C82H77F9O4. The average Bonchev–Trinajstić information content (AvgIpc) is 1.68. The minimum absolute atomic E-state index is 0.0580. The molecular weight excluding hydrogens is 1220 g/mol. The summed E-state index contributed by atoms with van der Waals surface area (Å²) in [4.78, 5) is 26.6. The predicted molar refractivity (Wildman–Crippen MR) is 359 cm³/mol. The lowest BCUT2D eigenvalue weighted by atomic mass is 9.70. The zero-order chi connectivity index (χ0) is 68.0. The molecule has 8 aromatic rings. The van der Waals surface area contributed by atoms with E-state index in [4.69, 9.17) is 9.47 Å². The van der Waals surface area contributed by atoms with Crippen molar-refractivity contribution in [3.63, 3.8) is 0 Å². The van der Waals surface area contributed by atoms with E-state index in [1.165, 1.54) is 20.8 Å². The Balaban J connectivity index is 0.963. The van der Waals surface area contributed by atoms with Crippen molar-refractivity contribution in [2.24, 2.45) is 17.8 Å². The van der Waals surface area contributed by atoms with Crippen LogP contribution in [0.15, 0.2) is 177 Å². The molecule has 0 fully saturated rings. The Labute approximate surface area is 550 Å². The second-order valence-corrected chi connectivity index (χ2v) is 27.1. The van der Waals surface area contributed by atoms with Crippen LogP contribution in [0.25, 0.3) is 77.9 Å². The smallest absolute Gasteiger partial charge is 0.391 e. The molecule has 0 saturated carbocycles. The topological polar surface area (TPSA) is 52.6 Å². The van der Waals surface area contributed by atoms with Gasteiger partial charge in [-0.1, -0.05) is 176 Å². The third-order valence-corrected chi connectivity index (χ3v) is 22.3. The molecule has 0 amide bonds. The van der Waals surface area contributed by atoms with E-state index in [0.717, 1.165) is 129 Å². The van der Waals surface area contributed by atoms with E-state index in [1.807, 2.05) is 137 Å². The van der Waals surface area contributed by atoms with Gasteiger partial charge in [0.2, 0.25) is 0 Å². The number of esters is 2. The van der Waals surface area contributed by atoms with Crippen LogP contribution in [0.3, 0.4) is 0 Å². The predicted octanol–water partition coefficient (Wildman–Crippen LogP) is 22.7. The standard InChI is InChI=1S/C82H77F9O4/c1-10-74(92)94-46-79(47-95-75(93)11-2)72-44-56(54-21-28-61-59-26-19-48(6)39-67(59)77(13-4,69(61)41-54)37-34-50(8)81(86,87)88)24-31-64(72)65-32-25-57(45-73(65)79)55-23-30-63-62-29-22-53(42-70(62)78(14-5,71(63)43-55)38-35-51(9)82(89,90)91)52-20-27-60-58-17-15-16-18-66(58)76(12-3,68(60)40-52)36-33-49(7)80(83,84)85/h10-11,15-32,39-45,49-51H,1-2,12-14,33-38,46-47H2,3-9H3. The minimum atomic E-state index is -4.45. The fourth-order valence-corrected chi connectivity index (χ4v) is 16.4. The highest BCUT2D eigenvalue weighted by molar-refractivity contribution is 5.92. The molecule has 0 N–H and O–H groups in total. The van der Waals surface area contributed by atoms with Crippen LogP contribution >= 0.6 is 0 Å². The highest BCUT2D eigenvalue weighted by Crippen LogP contribution is 2.60. The Kier molecular flexibility index (Phi) is 17.3. The minimum Gasteiger partial charge on any atom is -0.461 e. The first-order valence-electron chi connectivity index (χ1n) is 33.0. The fourth-order valence-electron chi connectivity index (χ4n) is 16.4. The van der Waals surface area contributed by atoms with E-state index in [-0.39, 0.29) is 51.7 Å². The SMILES string of the molecule is C=CC(=O)OCC1(COC(=O)C=C)c2cc(-c3ccc4c(c3)C(CC)(CCC(C)C(F)(F)F)c3cc(C)ccc3-4)ccc2-c2ccc(-c3ccc4c(c3)C(CC)(CCC(C)C(F)(F)F)c3cc(-c5ccc6c(c5)C(CC)(CCC(C)C(F)(F)F)c5ccccc5-6)ccc3-4)cc21. The van der Waals surface area contributed by atoms with Crippen molar-refractivity contribution < 1.29 is 58.6 Å². The average molecular weight is 1300 g/mol. The first-order valence-corrected chi connectivity index (χ1v) is 33.0. The van der Waals surface area contributed by atoms with Crippen LogP contribution in [-0.4, -0.2) is 43.7 Å². The van der Waals surface area contributed by atoms with Gasteiger partial charge in [-0.3, -0.25) is 0 Å². The number of carbonyl (C=O) groups is 2. The molecule has 4 aliphatic carbocycles. The molecule has 8 aromatic carbocycles. The summed E-state index contributed by atoms with van der Waals surface area (Å²) in [5.74, 6) is -6.06. The number of ether oxygens (including phenoxy) is 2. The summed E-state index contributed by atoms with van der Waals surface area (Å²) < 4.78 is 141. The molecule has 95 heavy (non-hydrogen) atoms. The van der Waals surface area contributed by atoms with Gasteiger partial charge in [-0.2, -0.15) is 39.5 Å². The molecule has 0 bridgehead atoms. The molecule has 0 aromatic heterocycles. The highest BCUT2D eigenvalue weighted by Gasteiger charge is 2.50. The highest BCUT2D eigenvalue weighted by atomic mass is 19.4. The molecule has 13 heteroatoms. The van der Waals surface area contributed by atoms with Crippen LogP contribution in [-0.2, 0) is 40.7 Å². The lowest BCUT2D eigenvalue weighted by Crippen LogP contribution is -2.38. The molecule has 0 spiro atoms. The van der Waals surface area contributed by atoms with Crippen molar-refractivity contribution in [3.8, 4) is 77.9 Å². The van der Waals surface area contributed by atoms with Gasteiger partial charge in [0.25, 0.3) is 0 Å². The maximum atomic E-state index is 14.7. The summed E-state index contributed by atoms with van der Waals surface area (Å²) in [6.07, 6.45) is -9.02. The van der Waals surface area contributed by atoms with Crippen molar-refractivity contribution in [2.45, 2.75) is 146 Å². The van der Waals surface area contributed by atoms with Gasteiger partial charge in [0.1, 0.15) is 13.2 Å². The Hall–Kier alpha value is -8.45. The van der Waals surface area contributed by atoms with Crippen LogP contribution in [0, 0.1) is 24.7 Å². The van der Waals surface area contributed by atoms with Gasteiger partial charge < -0.3 is 9.47 Å². The maximum Gasteiger partial charge on any atom is 0.391 e. The van der Waals surface area contributed by atoms with Crippen LogP contribution in [0.5, 0.6) is 0 Å². The second-order valence-electron chi connectivity index (χ2n) is 27.1. The Morgan fingerprint density at radius 3 is 0.916 bits per heavy atom. The van der Waals surface area contributed by atoms with Crippen molar-refractivity contribution in [1.82, 2.24) is 0 Å². The summed E-state index contributed by atoms with van der Waals surface area (Å²) in [6, 6.07) is 50.7. The molecule has 0 radical (unpaired) electrons. The largest absolute Gasteiger partial charge is 0.461 e. The van der Waals surface area contributed by atoms with E-state index in [0.29, 0.717) is 30.4 Å². The summed E-state index contributed by atoms with van der Waals surface area (Å²) in [6.45, 7) is 18.5. The van der Waals surface area contributed by atoms with Crippen molar-refractivity contribution >= 4 is 11.9 Å². The zero-order valence-corrected chi connectivity index (χ0v) is 54.5. The van der Waals surface area contributed by atoms with E-state index < -0.39 is 69.9 Å². The number of alkyl halides is 9. The number of hydrogen-bond acceptors (Lipinski definition) is 4. The second kappa shape index (κ2) is 24.6. The monoisotopic (exact) mass is 1300 g/mol. The first kappa shape index (κ1) is 66.6. The first-order chi connectivity index (χ1) is 45.1. The molecule has 0 saturated heterocycles. The Morgan fingerprint density at radius 1 is 0.379 bits per heavy atom. The number of halogens is 9. The van der Waals surface area contributed by atoms with Gasteiger partial charge in [-0.05, 0) is 224 Å². The molecule has 492 valence electrons. The number of hydrogen-bond donors (Lipinski definition) is 0. The number of rotatable bonds is 21. The van der Waals surface area contributed by atoms with Crippen LogP contribution in [0.1, 0.15) is 149 Å². The molecule has 0 aliphatic heterocycles.